The summed E-state index contributed by atoms with van der Waals surface area (Å²) in [6.07, 6.45) is 1.61. The van der Waals surface area contributed by atoms with Gasteiger partial charge in [0.15, 0.2) is 0 Å². The van der Waals surface area contributed by atoms with Crippen molar-refractivity contribution in [3.05, 3.63) is 28.7 Å². The minimum absolute atomic E-state index is 0. The molecule has 9 heteroatoms. The first kappa shape index (κ1) is 19.0. The minimum atomic E-state index is -3.57. The van der Waals surface area contributed by atoms with E-state index < -0.39 is 10.0 Å². The van der Waals surface area contributed by atoms with E-state index in [1.807, 2.05) is 0 Å². The summed E-state index contributed by atoms with van der Waals surface area (Å²) in [6.45, 7) is 1.66. The molecular formula is C15H23ClN4O3S. The molecule has 0 saturated carbocycles. The zero-order valence-electron chi connectivity index (χ0n) is 14.0. The van der Waals surface area contributed by atoms with Gasteiger partial charge in [0, 0.05) is 27.2 Å². The molecule has 0 aliphatic carbocycles. The van der Waals surface area contributed by atoms with E-state index in [9.17, 15) is 13.2 Å². The van der Waals surface area contributed by atoms with Gasteiger partial charge in [0.2, 0.25) is 10.0 Å². The molecule has 1 saturated heterocycles. The number of imidazole rings is 1. The lowest BCUT2D eigenvalue weighted by Crippen LogP contribution is -2.43. The topological polar surface area (TPSA) is 76.3 Å². The molecule has 1 aliphatic heterocycles. The van der Waals surface area contributed by atoms with Crippen molar-refractivity contribution >= 4 is 33.5 Å². The fourth-order valence-electron chi connectivity index (χ4n) is 3.18. The number of hydrogen-bond donors (Lipinski definition) is 1. The Bertz CT molecular complexity index is 897. The highest BCUT2D eigenvalue weighted by atomic mass is 35.5. The van der Waals surface area contributed by atoms with Crippen LogP contribution >= 0.6 is 12.4 Å². The molecule has 7 nitrogen and oxygen atoms in total. The van der Waals surface area contributed by atoms with Crippen molar-refractivity contribution in [2.75, 3.05) is 20.1 Å². The third-order valence-corrected chi connectivity index (χ3v) is 6.65. The van der Waals surface area contributed by atoms with Crippen molar-refractivity contribution < 1.29 is 8.42 Å². The Morgan fingerprint density at radius 3 is 2.33 bits per heavy atom. The number of piperidine rings is 1. The predicted octanol–water partition coefficient (Wildman–Crippen LogP) is 0.671. The van der Waals surface area contributed by atoms with Gasteiger partial charge in [-0.3, -0.25) is 9.13 Å². The highest BCUT2D eigenvalue weighted by Crippen LogP contribution is 2.23. The third kappa shape index (κ3) is 2.99. The van der Waals surface area contributed by atoms with Crippen LogP contribution in [-0.4, -0.2) is 48.0 Å². The molecule has 1 aromatic carbocycles. The molecule has 0 spiro atoms. The standard InChI is InChI=1S/C15H22N4O3S.ClH/c1-17-13-5-4-12(10-14(13)18(2)15(17)20)23(21,22)19(3)11-6-8-16-9-7-11;/h4-5,10-11,16H,6-9H2,1-3H3;1H. The number of sulfonamides is 1. The first-order chi connectivity index (χ1) is 10.8. The van der Waals surface area contributed by atoms with E-state index in [-0.39, 0.29) is 29.0 Å². The van der Waals surface area contributed by atoms with Gasteiger partial charge in [0.25, 0.3) is 0 Å². The molecule has 24 heavy (non-hydrogen) atoms. The van der Waals surface area contributed by atoms with Crippen molar-refractivity contribution in [3.8, 4) is 0 Å². The lowest BCUT2D eigenvalue weighted by atomic mass is 10.1. The summed E-state index contributed by atoms with van der Waals surface area (Å²) in [6, 6.07) is 4.87. The van der Waals surface area contributed by atoms with Gasteiger partial charge in [-0.25, -0.2) is 13.2 Å². The van der Waals surface area contributed by atoms with E-state index in [1.165, 1.54) is 13.4 Å². The van der Waals surface area contributed by atoms with Crippen molar-refractivity contribution in [1.29, 1.82) is 0 Å². The summed E-state index contributed by atoms with van der Waals surface area (Å²) in [5, 5.41) is 3.24. The van der Waals surface area contributed by atoms with Crippen molar-refractivity contribution in [3.63, 3.8) is 0 Å². The zero-order valence-corrected chi connectivity index (χ0v) is 15.7. The Balaban J connectivity index is 0.00000208. The number of benzene rings is 1. The summed E-state index contributed by atoms with van der Waals surface area (Å²) < 4.78 is 30.2. The lowest BCUT2D eigenvalue weighted by Gasteiger charge is -2.30. The van der Waals surface area contributed by atoms with E-state index in [4.69, 9.17) is 0 Å². The van der Waals surface area contributed by atoms with Crippen LogP contribution in [0.15, 0.2) is 27.9 Å². The van der Waals surface area contributed by atoms with E-state index in [0.717, 1.165) is 31.4 Å². The van der Waals surface area contributed by atoms with E-state index in [2.05, 4.69) is 5.32 Å². The SMILES string of the molecule is CN(C1CCNCC1)S(=O)(=O)c1ccc2c(c1)n(C)c(=O)n2C.Cl. The second-order valence-corrected chi connectivity index (χ2v) is 8.05. The first-order valence-electron chi connectivity index (χ1n) is 7.68. The molecule has 0 atom stereocenters. The van der Waals surface area contributed by atoms with Crippen molar-refractivity contribution in [1.82, 2.24) is 18.8 Å². The molecule has 2 heterocycles. The summed E-state index contributed by atoms with van der Waals surface area (Å²) in [7, 11) is 1.40. The van der Waals surface area contributed by atoms with Gasteiger partial charge in [0.05, 0.1) is 15.9 Å². The maximum atomic E-state index is 12.9. The van der Waals surface area contributed by atoms with Crippen LogP contribution in [-0.2, 0) is 24.1 Å². The van der Waals surface area contributed by atoms with Gasteiger partial charge >= 0.3 is 5.69 Å². The average molecular weight is 375 g/mol. The second-order valence-electron chi connectivity index (χ2n) is 6.05. The van der Waals surface area contributed by atoms with Gasteiger partial charge in [-0.1, -0.05) is 0 Å². The fourth-order valence-corrected chi connectivity index (χ4v) is 4.62. The molecule has 0 radical (unpaired) electrons. The summed E-state index contributed by atoms with van der Waals surface area (Å²) >= 11 is 0. The zero-order chi connectivity index (χ0) is 16.8. The number of nitrogens with zero attached hydrogens (tertiary/aromatic N) is 3. The molecule has 1 aliphatic rings. The molecule has 2 aromatic rings. The number of hydrogen-bond acceptors (Lipinski definition) is 4. The quantitative estimate of drug-likeness (QED) is 0.856. The Labute approximate surface area is 147 Å². The highest BCUT2D eigenvalue weighted by molar-refractivity contribution is 7.89. The van der Waals surface area contributed by atoms with E-state index >= 15 is 0 Å². The fraction of sp³-hybridized carbons (Fsp3) is 0.533. The maximum absolute atomic E-state index is 12.9. The number of nitrogens with one attached hydrogen (secondary N) is 1. The molecule has 3 rings (SSSR count). The Hall–Kier alpha value is -1.35. The van der Waals surface area contributed by atoms with Crippen LogP contribution in [0, 0.1) is 0 Å². The van der Waals surface area contributed by atoms with Gasteiger partial charge < -0.3 is 5.32 Å². The molecule has 1 fully saturated rings. The van der Waals surface area contributed by atoms with Crippen LogP contribution < -0.4 is 11.0 Å². The maximum Gasteiger partial charge on any atom is 0.328 e. The molecule has 1 N–H and O–H groups in total. The van der Waals surface area contributed by atoms with Gasteiger partial charge in [-0.15, -0.1) is 12.4 Å². The van der Waals surface area contributed by atoms with E-state index in [0.29, 0.717) is 5.52 Å². The first-order valence-corrected chi connectivity index (χ1v) is 9.12. The summed E-state index contributed by atoms with van der Waals surface area (Å²) in [4.78, 5) is 12.2. The number of aromatic nitrogens is 2. The Morgan fingerprint density at radius 1 is 1.12 bits per heavy atom. The second kappa shape index (κ2) is 6.87. The van der Waals surface area contributed by atoms with Crippen LogP contribution in [0.2, 0.25) is 0 Å². The van der Waals surface area contributed by atoms with Crippen molar-refractivity contribution in [2.24, 2.45) is 14.1 Å². The van der Waals surface area contributed by atoms with Crippen LogP contribution in [0.5, 0.6) is 0 Å². The number of halogens is 1. The Kier molecular flexibility index (Phi) is 5.44. The average Bonchev–Trinajstić information content (AvgIpc) is 2.79. The largest absolute Gasteiger partial charge is 0.328 e. The normalized spacial score (nSPS) is 16.5. The summed E-state index contributed by atoms with van der Waals surface area (Å²) in [5.41, 5.74) is 1.18. The van der Waals surface area contributed by atoms with Gasteiger partial charge in [-0.05, 0) is 44.1 Å². The predicted molar refractivity (Wildman–Crippen MR) is 96.2 cm³/mol. The smallest absolute Gasteiger partial charge is 0.317 e. The molecule has 0 amide bonds. The number of fused-ring (bicyclic) bond motifs is 1. The third-order valence-electron chi connectivity index (χ3n) is 4.74. The van der Waals surface area contributed by atoms with Crippen LogP contribution in [0.25, 0.3) is 11.0 Å². The molecule has 134 valence electrons. The lowest BCUT2D eigenvalue weighted by molar-refractivity contribution is 0.296. The minimum Gasteiger partial charge on any atom is -0.317 e. The monoisotopic (exact) mass is 374 g/mol. The highest BCUT2D eigenvalue weighted by Gasteiger charge is 2.29. The van der Waals surface area contributed by atoms with Crippen LogP contribution in [0.3, 0.4) is 0 Å². The van der Waals surface area contributed by atoms with Crippen LogP contribution in [0.1, 0.15) is 12.8 Å². The Morgan fingerprint density at radius 2 is 1.71 bits per heavy atom. The molecule has 1 aromatic heterocycles. The van der Waals surface area contributed by atoms with Gasteiger partial charge in [0.1, 0.15) is 0 Å². The molecule has 0 bridgehead atoms. The van der Waals surface area contributed by atoms with Gasteiger partial charge in [-0.2, -0.15) is 4.31 Å². The van der Waals surface area contributed by atoms with Crippen molar-refractivity contribution in [2.45, 2.75) is 23.8 Å². The number of rotatable bonds is 3. The molecule has 0 unspecified atom stereocenters. The van der Waals surface area contributed by atoms with Crippen LogP contribution in [0.4, 0.5) is 0 Å². The molecular weight excluding hydrogens is 352 g/mol. The number of aryl methyl sites for hydroxylation is 2. The van der Waals surface area contributed by atoms with E-state index in [1.54, 1.807) is 39.3 Å². The summed E-state index contributed by atoms with van der Waals surface area (Å²) in [5.74, 6) is 0.